The topological polar surface area (TPSA) is 115 Å². The molecule has 4 rings (SSSR count). The zero-order valence-corrected chi connectivity index (χ0v) is 17.5. The van der Waals surface area contributed by atoms with Crippen LogP contribution >= 0.6 is 11.3 Å². The Kier molecular flexibility index (Phi) is 5.05. The van der Waals surface area contributed by atoms with Crippen LogP contribution in [0.1, 0.15) is 23.5 Å². The van der Waals surface area contributed by atoms with Gasteiger partial charge < -0.3 is 9.73 Å². The molecule has 1 fully saturated rings. The number of sulfonamides is 1. The van der Waals surface area contributed by atoms with E-state index in [1.807, 2.05) is 12.3 Å². The van der Waals surface area contributed by atoms with Crippen LogP contribution in [0.15, 0.2) is 37.7 Å². The highest BCUT2D eigenvalue weighted by molar-refractivity contribution is 7.89. The van der Waals surface area contributed by atoms with E-state index in [0.29, 0.717) is 18.4 Å². The average Bonchev–Trinajstić information content (AvgIpc) is 3.40. The first kappa shape index (κ1) is 19.8. The molecule has 9 nitrogen and oxygen atoms in total. The standard InChI is InChI=1S/C18H20N4O5S2/c1-11-20-12(10-28-11)9-19-17(23)15-4-3-7-22(15)29(25,26)13-5-6-14-16(8-13)27-18(24)21(14)2/h5-6,8,10,15H,3-4,7,9H2,1-2H3,(H,19,23). The summed E-state index contributed by atoms with van der Waals surface area (Å²) in [4.78, 5) is 28.6. The van der Waals surface area contributed by atoms with Gasteiger partial charge in [-0.15, -0.1) is 11.3 Å². The monoisotopic (exact) mass is 436 g/mol. The largest absolute Gasteiger partial charge is 0.419 e. The minimum Gasteiger partial charge on any atom is -0.408 e. The smallest absolute Gasteiger partial charge is 0.408 e. The van der Waals surface area contributed by atoms with Crippen LogP contribution in [-0.2, 0) is 28.4 Å². The number of carbonyl (C=O) groups excluding carboxylic acids is 1. The van der Waals surface area contributed by atoms with E-state index in [2.05, 4.69) is 10.3 Å². The number of aromatic nitrogens is 2. The molecular weight excluding hydrogens is 416 g/mol. The number of fused-ring (bicyclic) bond motifs is 1. The summed E-state index contributed by atoms with van der Waals surface area (Å²) in [5.41, 5.74) is 1.44. The highest BCUT2D eigenvalue weighted by atomic mass is 32.2. The van der Waals surface area contributed by atoms with Crippen LogP contribution < -0.4 is 11.1 Å². The van der Waals surface area contributed by atoms with Crippen molar-refractivity contribution in [2.75, 3.05) is 6.54 Å². The van der Waals surface area contributed by atoms with Gasteiger partial charge in [0.1, 0.15) is 6.04 Å². The summed E-state index contributed by atoms with van der Waals surface area (Å²) in [6.07, 6.45) is 1.04. The summed E-state index contributed by atoms with van der Waals surface area (Å²) in [5.74, 6) is -0.908. The number of hydrogen-bond donors (Lipinski definition) is 1. The van der Waals surface area contributed by atoms with Crippen molar-refractivity contribution in [2.24, 2.45) is 7.05 Å². The number of oxazole rings is 1. The summed E-state index contributed by atoms with van der Waals surface area (Å²) >= 11 is 1.49. The van der Waals surface area contributed by atoms with Crippen LogP contribution in [0.4, 0.5) is 0 Å². The molecule has 29 heavy (non-hydrogen) atoms. The van der Waals surface area contributed by atoms with Crippen LogP contribution in [0.5, 0.6) is 0 Å². The van der Waals surface area contributed by atoms with Crippen molar-refractivity contribution in [1.29, 1.82) is 0 Å². The molecular formula is C18H20N4O5S2. The Labute approximate surface area is 171 Å². The van der Waals surface area contributed by atoms with Gasteiger partial charge in [0.25, 0.3) is 0 Å². The second-order valence-electron chi connectivity index (χ2n) is 6.91. The third kappa shape index (κ3) is 3.61. The zero-order valence-electron chi connectivity index (χ0n) is 15.9. The Balaban J connectivity index is 1.56. The number of nitrogens with one attached hydrogen (secondary N) is 1. The lowest BCUT2D eigenvalue weighted by atomic mass is 10.2. The molecule has 2 aromatic heterocycles. The minimum absolute atomic E-state index is 0.00539. The van der Waals surface area contributed by atoms with Crippen molar-refractivity contribution in [3.05, 3.63) is 44.8 Å². The second kappa shape index (κ2) is 7.39. The zero-order chi connectivity index (χ0) is 20.8. The first-order valence-electron chi connectivity index (χ1n) is 9.07. The predicted molar refractivity (Wildman–Crippen MR) is 107 cm³/mol. The van der Waals surface area contributed by atoms with Gasteiger partial charge in [-0.25, -0.2) is 18.2 Å². The summed E-state index contributed by atoms with van der Waals surface area (Å²) in [7, 11) is -2.37. The highest BCUT2D eigenvalue weighted by Gasteiger charge is 2.39. The van der Waals surface area contributed by atoms with Gasteiger partial charge in [-0.2, -0.15) is 4.31 Å². The molecule has 0 saturated carbocycles. The molecule has 1 saturated heterocycles. The molecule has 0 bridgehead atoms. The molecule has 1 aromatic carbocycles. The van der Waals surface area contributed by atoms with Crippen LogP contribution in [-0.4, -0.2) is 40.8 Å². The molecule has 3 heterocycles. The summed E-state index contributed by atoms with van der Waals surface area (Å²) in [6.45, 7) is 2.40. The number of nitrogens with zero attached hydrogens (tertiary/aromatic N) is 3. The van der Waals surface area contributed by atoms with Crippen molar-refractivity contribution in [1.82, 2.24) is 19.2 Å². The number of aryl methyl sites for hydroxylation is 2. The van der Waals surface area contributed by atoms with Crippen LogP contribution in [0.25, 0.3) is 11.1 Å². The summed E-state index contributed by atoms with van der Waals surface area (Å²) in [5, 5.41) is 5.55. The first-order valence-corrected chi connectivity index (χ1v) is 11.4. The Bertz CT molecular complexity index is 1240. The number of hydrogen-bond acceptors (Lipinski definition) is 7. The number of thiazole rings is 1. The van der Waals surface area contributed by atoms with E-state index < -0.39 is 21.8 Å². The SMILES string of the molecule is Cc1nc(CNC(=O)C2CCCN2S(=O)(=O)c2ccc3c(c2)oc(=O)n3C)cs1. The first-order chi connectivity index (χ1) is 13.8. The van der Waals surface area contributed by atoms with E-state index in [0.717, 1.165) is 10.7 Å². The van der Waals surface area contributed by atoms with Gasteiger partial charge >= 0.3 is 5.76 Å². The number of amides is 1. The Morgan fingerprint density at radius 3 is 2.93 bits per heavy atom. The Morgan fingerprint density at radius 1 is 1.41 bits per heavy atom. The number of benzene rings is 1. The predicted octanol–water partition coefficient (Wildman–Crippen LogP) is 1.37. The number of carbonyl (C=O) groups is 1. The molecule has 1 aliphatic rings. The normalized spacial score (nSPS) is 17.8. The fourth-order valence-electron chi connectivity index (χ4n) is 3.48. The Hall–Kier alpha value is -2.50. The van der Waals surface area contributed by atoms with Gasteiger partial charge in [0.15, 0.2) is 5.58 Å². The quantitative estimate of drug-likeness (QED) is 0.646. The molecule has 1 unspecified atom stereocenters. The third-order valence-corrected chi connectivity index (χ3v) is 7.71. The third-order valence-electron chi connectivity index (χ3n) is 4.99. The van der Waals surface area contributed by atoms with E-state index >= 15 is 0 Å². The lowest BCUT2D eigenvalue weighted by molar-refractivity contribution is -0.124. The lowest BCUT2D eigenvalue weighted by Gasteiger charge is -2.23. The van der Waals surface area contributed by atoms with E-state index in [4.69, 9.17) is 4.42 Å². The Morgan fingerprint density at radius 2 is 2.21 bits per heavy atom. The molecule has 1 amide bonds. The highest BCUT2D eigenvalue weighted by Crippen LogP contribution is 2.28. The van der Waals surface area contributed by atoms with Gasteiger partial charge in [0.2, 0.25) is 15.9 Å². The minimum atomic E-state index is -3.92. The molecule has 1 aliphatic heterocycles. The molecule has 154 valence electrons. The van der Waals surface area contributed by atoms with Gasteiger partial charge in [-0.05, 0) is 31.9 Å². The van der Waals surface area contributed by atoms with E-state index in [-0.39, 0.29) is 29.5 Å². The van der Waals surface area contributed by atoms with Crippen molar-refractivity contribution in [2.45, 2.75) is 37.2 Å². The van der Waals surface area contributed by atoms with Crippen LogP contribution in [0, 0.1) is 6.92 Å². The van der Waals surface area contributed by atoms with Crippen molar-refractivity contribution in [3.63, 3.8) is 0 Å². The van der Waals surface area contributed by atoms with Gasteiger partial charge in [-0.3, -0.25) is 9.36 Å². The van der Waals surface area contributed by atoms with Gasteiger partial charge in [0, 0.05) is 25.0 Å². The summed E-state index contributed by atoms with van der Waals surface area (Å²) < 4.78 is 34.0. The molecule has 3 aromatic rings. The van der Waals surface area contributed by atoms with E-state index in [9.17, 15) is 18.0 Å². The molecule has 1 N–H and O–H groups in total. The lowest BCUT2D eigenvalue weighted by Crippen LogP contribution is -2.45. The van der Waals surface area contributed by atoms with Crippen molar-refractivity contribution >= 4 is 38.4 Å². The van der Waals surface area contributed by atoms with Crippen molar-refractivity contribution < 1.29 is 17.6 Å². The maximum Gasteiger partial charge on any atom is 0.419 e. The fraction of sp³-hybridized carbons (Fsp3) is 0.389. The summed E-state index contributed by atoms with van der Waals surface area (Å²) in [6, 6.07) is 3.51. The van der Waals surface area contributed by atoms with E-state index in [1.165, 1.54) is 38.4 Å². The van der Waals surface area contributed by atoms with Crippen LogP contribution in [0.3, 0.4) is 0 Å². The molecule has 0 spiro atoms. The van der Waals surface area contributed by atoms with Gasteiger partial charge in [0.05, 0.1) is 27.7 Å². The maximum absolute atomic E-state index is 13.2. The average molecular weight is 437 g/mol. The maximum atomic E-state index is 13.2. The molecule has 0 radical (unpaired) electrons. The molecule has 1 atom stereocenters. The molecule has 0 aliphatic carbocycles. The van der Waals surface area contributed by atoms with Gasteiger partial charge in [-0.1, -0.05) is 0 Å². The van der Waals surface area contributed by atoms with E-state index in [1.54, 1.807) is 7.05 Å². The fourth-order valence-corrected chi connectivity index (χ4v) is 5.77. The van der Waals surface area contributed by atoms with Crippen molar-refractivity contribution in [3.8, 4) is 0 Å². The second-order valence-corrected chi connectivity index (χ2v) is 9.86. The van der Waals surface area contributed by atoms with Crippen LogP contribution in [0.2, 0.25) is 0 Å². The number of rotatable bonds is 5. The molecule has 11 heteroatoms.